The zero-order chi connectivity index (χ0) is 23.6. The molecule has 0 aliphatic carbocycles. The van der Waals surface area contributed by atoms with Gasteiger partial charge in [-0.2, -0.15) is 0 Å². The Morgan fingerprint density at radius 3 is 2.06 bits per heavy atom. The normalized spacial score (nSPS) is 11.6. The second-order valence-electron chi connectivity index (χ2n) is 8.67. The van der Waals surface area contributed by atoms with Crippen molar-refractivity contribution in [2.24, 2.45) is 0 Å². The molecule has 0 saturated heterocycles. The zero-order valence-electron chi connectivity index (χ0n) is 19.9. The number of benzene rings is 3. The van der Waals surface area contributed by atoms with E-state index in [-0.39, 0.29) is 18.2 Å². The van der Waals surface area contributed by atoms with Crippen molar-refractivity contribution >= 4 is 11.8 Å². The molecule has 0 saturated carbocycles. The molecule has 33 heavy (non-hydrogen) atoms. The molecule has 3 rings (SSSR count). The third-order valence-corrected chi connectivity index (χ3v) is 5.69. The van der Waals surface area contributed by atoms with E-state index in [0.29, 0.717) is 19.5 Å². The van der Waals surface area contributed by atoms with E-state index < -0.39 is 6.04 Å². The Balaban J connectivity index is 1.95. The minimum atomic E-state index is -0.586. The Morgan fingerprint density at radius 2 is 1.42 bits per heavy atom. The topological polar surface area (TPSA) is 49.4 Å². The average molecular weight is 443 g/mol. The van der Waals surface area contributed by atoms with Gasteiger partial charge in [-0.25, -0.2) is 0 Å². The van der Waals surface area contributed by atoms with Crippen LogP contribution in [0, 0.1) is 13.8 Å². The molecule has 1 N–H and O–H groups in total. The van der Waals surface area contributed by atoms with Crippen LogP contribution in [0.25, 0.3) is 0 Å². The first kappa shape index (κ1) is 24.2. The second kappa shape index (κ2) is 12.0. The number of carbonyl (C=O) groups is 2. The van der Waals surface area contributed by atoms with E-state index in [9.17, 15) is 9.59 Å². The largest absolute Gasteiger partial charge is 0.354 e. The Bertz CT molecular complexity index is 1060. The monoisotopic (exact) mass is 442 g/mol. The zero-order valence-corrected chi connectivity index (χ0v) is 19.9. The second-order valence-corrected chi connectivity index (χ2v) is 8.67. The molecule has 4 heteroatoms. The molecule has 4 nitrogen and oxygen atoms in total. The summed E-state index contributed by atoms with van der Waals surface area (Å²) in [5.41, 5.74) is 5.27. The summed E-state index contributed by atoms with van der Waals surface area (Å²) in [7, 11) is 0. The van der Waals surface area contributed by atoms with Gasteiger partial charge in [-0.3, -0.25) is 9.59 Å². The molecule has 0 bridgehead atoms. The molecule has 0 aliphatic rings. The van der Waals surface area contributed by atoms with E-state index in [4.69, 9.17) is 0 Å². The summed E-state index contributed by atoms with van der Waals surface area (Å²) in [5.74, 6) is -0.152. The van der Waals surface area contributed by atoms with Crippen molar-refractivity contribution < 1.29 is 9.59 Å². The van der Waals surface area contributed by atoms with E-state index in [1.165, 1.54) is 0 Å². The SMILES string of the molecule is CCCNC(=O)[C@@H](Cc1ccccc1)N(Cc1cccc(C)c1)C(=O)Cc1cccc(C)c1. The van der Waals surface area contributed by atoms with Crippen molar-refractivity contribution in [3.63, 3.8) is 0 Å². The first-order valence-corrected chi connectivity index (χ1v) is 11.7. The summed E-state index contributed by atoms with van der Waals surface area (Å²) in [4.78, 5) is 28.7. The molecule has 3 aromatic rings. The van der Waals surface area contributed by atoms with Gasteiger partial charge in [0.1, 0.15) is 6.04 Å². The lowest BCUT2D eigenvalue weighted by molar-refractivity contribution is -0.140. The molecule has 0 aromatic heterocycles. The van der Waals surface area contributed by atoms with Gasteiger partial charge in [0.2, 0.25) is 11.8 Å². The van der Waals surface area contributed by atoms with Crippen molar-refractivity contribution in [1.82, 2.24) is 10.2 Å². The van der Waals surface area contributed by atoms with Gasteiger partial charge in [-0.1, -0.05) is 96.9 Å². The summed E-state index contributed by atoms with van der Waals surface area (Å²) in [6, 6.07) is 25.5. The lowest BCUT2D eigenvalue weighted by atomic mass is 10.0. The highest BCUT2D eigenvalue weighted by molar-refractivity contribution is 5.88. The molecule has 2 amide bonds. The third kappa shape index (κ3) is 7.31. The number of rotatable bonds is 10. The van der Waals surface area contributed by atoms with Gasteiger partial charge in [-0.15, -0.1) is 0 Å². The number of carbonyl (C=O) groups excluding carboxylic acids is 2. The average Bonchev–Trinajstić information content (AvgIpc) is 2.80. The van der Waals surface area contributed by atoms with E-state index in [0.717, 1.165) is 34.2 Å². The summed E-state index contributed by atoms with van der Waals surface area (Å²) >= 11 is 0. The van der Waals surface area contributed by atoms with Crippen LogP contribution in [0.2, 0.25) is 0 Å². The maximum atomic E-state index is 13.7. The fourth-order valence-corrected chi connectivity index (χ4v) is 4.03. The molecule has 172 valence electrons. The van der Waals surface area contributed by atoms with Crippen molar-refractivity contribution in [3.8, 4) is 0 Å². The number of nitrogens with one attached hydrogen (secondary N) is 1. The van der Waals surface area contributed by atoms with Gasteiger partial charge in [0.25, 0.3) is 0 Å². The van der Waals surface area contributed by atoms with E-state index >= 15 is 0 Å². The fourth-order valence-electron chi connectivity index (χ4n) is 4.03. The Morgan fingerprint density at radius 1 is 0.818 bits per heavy atom. The van der Waals surface area contributed by atoms with E-state index in [1.807, 2.05) is 93.6 Å². The van der Waals surface area contributed by atoms with E-state index in [1.54, 1.807) is 4.90 Å². The van der Waals surface area contributed by atoms with Crippen LogP contribution in [0.15, 0.2) is 78.9 Å². The van der Waals surface area contributed by atoms with Crippen molar-refractivity contribution in [1.29, 1.82) is 0 Å². The summed E-state index contributed by atoms with van der Waals surface area (Å²) in [5, 5.41) is 3.03. The molecule has 0 spiro atoms. The molecule has 0 unspecified atom stereocenters. The van der Waals surface area contributed by atoms with Crippen LogP contribution in [-0.4, -0.2) is 29.3 Å². The molecule has 0 fully saturated rings. The molecule has 1 atom stereocenters. The molecule has 0 heterocycles. The van der Waals surface area contributed by atoms with Crippen LogP contribution in [0.5, 0.6) is 0 Å². The quantitative estimate of drug-likeness (QED) is 0.480. The molecule has 3 aromatic carbocycles. The Kier molecular flexibility index (Phi) is 8.82. The first-order valence-electron chi connectivity index (χ1n) is 11.7. The van der Waals surface area contributed by atoms with Crippen molar-refractivity contribution in [2.75, 3.05) is 6.54 Å². The molecular formula is C29H34N2O2. The van der Waals surface area contributed by atoms with Crippen LogP contribution in [0.4, 0.5) is 0 Å². The predicted molar refractivity (Wildman–Crippen MR) is 134 cm³/mol. The highest BCUT2D eigenvalue weighted by atomic mass is 16.2. The third-order valence-electron chi connectivity index (χ3n) is 5.69. The molecular weight excluding hydrogens is 408 g/mol. The van der Waals surface area contributed by atoms with Crippen molar-refractivity contribution in [3.05, 3.63) is 107 Å². The highest BCUT2D eigenvalue weighted by Crippen LogP contribution is 2.17. The maximum Gasteiger partial charge on any atom is 0.243 e. The lowest BCUT2D eigenvalue weighted by Crippen LogP contribution is -2.51. The Labute approximate surface area is 197 Å². The predicted octanol–water partition coefficient (Wildman–Crippen LogP) is 5.01. The lowest BCUT2D eigenvalue weighted by Gasteiger charge is -2.32. The van der Waals surface area contributed by atoms with Crippen LogP contribution in [-0.2, 0) is 29.0 Å². The summed E-state index contributed by atoms with van der Waals surface area (Å²) in [6.45, 7) is 7.07. The standard InChI is InChI=1S/C29H34N2O2/c1-4-16-30-29(33)27(19-24-12-6-5-7-13-24)31(21-26-15-9-11-23(3)18-26)28(32)20-25-14-8-10-22(2)17-25/h5-15,17-18,27H,4,16,19-21H2,1-3H3,(H,30,33)/t27-/m1/s1. The number of amides is 2. The van der Waals surface area contributed by atoms with Crippen LogP contribution >= 0.6 is 0 Å². The minimum absolute atomic E-state index is 0.0466. The van der Waals surface area contributed by atoms with Crippen LogP contribution in [0.1, 0.15) is 41.2 Å². The van der Waals surface area contributed by atoms with Gasteiger partial charge in [-0.05, 0) is 37.0 Å². The maximum absolute atomic E-state index is 13.7. The first-order chi connectivity index (χ1) is 16.0. The van der Waals surface area contributed by atoms with Crippen molar-refractivity contribution in [2.45, 2.75) is 52.6 Å². The number of hydrogen-bond acceptors (Lipinski definition) is 2. The number of nitrogens with zero attached hydrogens (tertiary/aromatic N) is 1. The van der Waals surface area contributed by atoms with Crippen LogP contribution in [0.3, 0.4) is 0 Å². The number of hydrogen-bond donors (Lipinski definition) is 1. The van der Waals surface area contributed by atoms with E-state index in [2.05, 4.69) is 11.4 Å². The van der Waals surface area contributed by atoms with Gasteiger partial charge in [0.05, 0.1) is 6.42 Å². The minimum Gasteiger partial charge on any atom is -0.354 e. The number of aryl methyl sites for hydroxylation is 2. The molecule has 0 aliphatic heterocycles. The van der Waals surface area contributed by atoms with Crippen LogP contribution < -0.4 is 5.32 Å². The fraction of sp³-hybridized carbons (Fsp3) is 0.310. The van der Waals surface area contributed by atoms with Gasteiger partial charge in [0.15, 0.2) is 0 Å². The van der Waals surface area contributed by atoms with Gasteiger partial charge in [0, 0.05) is 19.5 Å². The highest BCUT2D eigenvalue weighted by Gasteiger charge is 2.30. The molecule has 0 radical (unpaired) electrons. The summed E-state index contributed by atoms with van der Waals surface area (Å²) in [6.07, 6.45) is 1.58. The van der Waals surface area contributed by atoms with Gasteiger partial charge < -0.3 is 10.2 Å². The Hall–Kier alpha value is -3.40. The summed E-state index contributed by atoms with van der Waals surface area (Å²) < 4.78 is 0. The van der Waals surface area contributed by atoms with Gasteiger partial charge >= 0.3 is 0 Å². The smallest absolute Gasteiger partial charge is 0.243 e.